The fourth-order valence-electron chi connectivity index (χ4n) is 2.98. The van der Waals surface area contributed by atoms with Crippen molar-refractivity contribution in [2.24, 2.45) is 17.1 Å². The van der Waals surface area contributed by atoms with Crippen molar-refractivity contribution in [3.8, 4) is 5.75 Å². The maximum absolute atomic E-state index is 12.8. The topological polar surface area (TPSA) is 35.2 Å². The van der Waals surface area contributed by atoms with Crippen LogP contribution in [0.3, 0.4) is 0 Å². The molecule has 2 atom stereocenters. The summed E-state index contributed by atoms with van der Waals surface area (Å²) < 4.78 is 43.2. The SMILES string of the molecule is COc1cc([C@H]2[C@H](CN)C2(C)C)ccc1C(F)(F)F. The van der Waals surface area contributed by atoms with Crippen LogP contribution in [0, 0.1) is 11.3 Å². The maximum atomic E-state index is 12.8. The van der Waals surface area contributed by atoms with Crippen molar-refractivity contribution < 1.29 is 17.9 Å². The van der Waals surface area contributed by atoms with Crippen molar-refractivity contribution in [3.63, 3.8) is 0 Å². The zero-order valence-corrected chi connectivity index (χ0v) is 11.2. The molecule has 0 amide bonds. The zero-order chi connectivity index (χ0) is 14.4. The summed E-state index contributed by atoms with van der Waals surface area (Å²) in [4.78, 5) is 0. The molecule has 0 unspecified atom stereocenters. The molecule has 0 heterocycles. The lowest BCUT2D eigenvalue weighted by molar-refractivity contribution is -0.138. The molecule has 2 nitrogen and oxygen atoms in total. The van der Waals surface area contributed by atoms with E-state index in [1.165, 1.54) is 19.2 Å². The Bertz CT molecular complexity index is 482. The Morgan fingerprint density at radius 1 is 1.32 bits per heavy atom. The minimum absolute atomic E-state index is 0.0412. The molecule has 1 aromatic carbocycles. The molecule has 1 saturated carbocycles. The molecule has 0 aromatic heterocycles. The zero-order valence-electron chi connectivity index (χ0n) is 11.2. The smallest absolute Gasteiger partial charge is 0.419 e. The summed E-state index contributed by atoms with van der Waals surface area (Å²) in [5.41, 5.74) is 5.87. The fraction of sp³-hybridized carbons (Fsp3) is 0.571. The maximum Gasteiger partial charge on any atom is 0.419 e. The number of hydrogen-bond donors (Lipinski definition) is 1. The standard InChI is InChI=1S/C14H18F3NO/c1-13(2)10(7-18)12(13)8-4-5-9(14(15,16)17)11(6-8)19-3/h4-6,10,12H,7,18H2,1-3H3/t10-,12-/m0/s1. The monoisotopic (exact) mass is 273 g/mol. The second-order valence-corrected chi connectivity index (χ2v) is 5.60. The average Bonchev–Trinajstić information content (AvgIpc) is 2.89. The molecule has 0 spiro atoms. The Morgan fingerprint density at radius 3 is 2.37 bits per heavy atom. The van der Waals surface area contributed by atoms with Crippen LogP contribution in [0.25, 0.3) is 0 Å². The molecule has 19 heavy (non-hydrogen) atoms. The van der Waals surface area contributed by atoms with Crippen molar-refractivity contribution in [2.75, 3.05) is 13.7 Å². The van der Waals surface area contributed by atoms with Crippen LogP contribution in [-0.4, -0.2) is 13.7 Å². The number of benzene rings is 1. The van der Waals surface area contributed by atoms with Crippen LogP contribution in [0.5, 0.6) is 5.75 Å². The van der Waals surface area contributed by atoms with Gasteiger partial charge < -0.3 is 10.5 Å². The first-order valence-electron chi connectivity index (χ1n) is 6.18. The summed E-state index contributed by atoms with van der Waals surface area (Å²) >= 11 is 0. The first-order valence-corrected chi connectivity index (χ1v) is 6.18. The van der Waals surface area contributed by atoms with Gasteiger partial charge in [0.05, 0.1) is 12.7 Å². The summed E-state index contributed by atoms with van der Waals surface area (Å²) in [6, 6.07) is 4.12. The van der Waals surface area contributed by atoms with Gasteiger partial charge >= 0.3 is 6.18 Å². The highest BCUT2D eigenvalue weighted by Gasteiger charge is 2.57. The first kappa shape index (κ1) is 14.2. The van der Waals surface area contributed by atoms with E-state index >= 15 is 0 Å². The second kappa shape index (κ2) is 4.40. The van der Waals surface area contributed by atoms with Gasteiger partial charge in [0.25, 0.3) is 0 Å². The number of ether oxygens (including phenoxy) is 1. The van der Waals surface area contributed by atoms with Crippen LogP contribution in [0.15, 0.2) is 18.2 Å². The Hall–Kier alpha value is -1.23. The minimum atomic E-state index is -4.39. The molecular weight excluding hydrogens is 255 g/mol. The highest BCUT2D eigenvalue weighted by Crippen LogP contribution is 2.64. The Balaban J connectivity index is 2.37. The number of alkyl halides is 3. The van der Waals surface area contributed by atoms with Crippen molar-refractivity contribution in [1.82, 2.24) is 0 Å². The van der Waals surface area contributed by atoms with Crippen LogP contribution in [-0.2, 0) is 6.18 Å². The van der Waals surface area contributed by atoms with E-state index in [4.69, 9.17) is 10.5 Å². The molecule has 0 bridgehead atoms. The van der Waals surface area contributed by atoms with Gasteiger partial charge in [-0.15, -0.1) is 0 Å². The lowest BCUT2D eigenvalue weighted by Crippen LogP contribution is -2.08. The molecule has 1 fully saturated rings. The van der Waals surface area contributed by atoms with Crippen LogP contribution < -0.4 is 10.5 Å². The number of nitrogens with two attached hydrogens (primary N) is 1. The van der Waals surface area contributed by atoms with Gasteiger partial charge in [-0.3, -0.25) is 0 Å². The first-order chi connectivity index (χ1) is 8.73. The van der Waals surface area contributed by atoms with Gasteiger partial charge in [0.15, 0.2) is 0 Å². The quantitative estimate of drug-likeness (QED) is 0.916. The van der Waals surface area contributed by atoms with E-state index in [1.807, 2.05) is 0 Å². The molecule has 2 rings (SSSR count). The number of methoxy groups -OCH3 is 1. The van der Waals surface area contributed by atoms with Crippen LogP contribution in [0.1, 0.15) is 30.9 Å². The average molecular weight is 273 g/mol. The molecule has 1 aliphatic rings. The predicted molar refractivity (Wildman–Crippen MR) is 67.1 cm³/mol. The van der Waals surface area contributed by atoms with Gasteiger partial charge in [0.1, 0.15) is 5.75 Å². The third-order valence-electron chi connectivity index (χ3n) is 4.19. The fourth-order valence-corrected chi connectivity index (χ4v) is 2.98. The van der Waals surface area contributed by atoms with E-state index in [0.717, 1.165) is 11.6 Å². The van der Waals surface area contributed by atoms with E-state index in [2.05, 4.69) is 13.8 Å². The molecule has 0 aliphatic heterocycles. The Morgan fingerprint density at radius 2 is 1.95 bits per heavy atom. The van der Waals surface area contributed by atoms with E-state index in [0.29, 0.717) is 12.5 Å². The molecule has 1 aromatic rings. The number of rotatable bonds is 3. The summed E-state index contributed by atoms with van der Waals surface area (Å²) in [6.45, 7) is 4.71. The molecule has 2 N–H and O–H groups in total. The van der Waals surface area contributed by atoms with Crippen molar-refractivity contribution in [3.05, 3.63) is 29.3 Å². The highest BCUT2D eigenvalue weighted by atomic mass is 19.4. The van der Waals surface area contributed by atoms with Crippen molar-refractivity contribution in [1.29, 1.82) is 0 Å². The molecule has 5 heteroatoms. The van der Waals surface area contributed by atoms with E-state index in [-0.39, 0.29) is 17.1 Å². The van der Waals surface area contributed by atoms with E-state index < -0.39 is 11.7 Å². The molecule has 1 aliphatic carbocycles. The molecule has 0 saturated heterocycles. The Labute approximate surface area is 110 Å². The molecule has 106 valence electrons. The summed E-state index contributed by atoms with van der Waals surface area (Å²) in [5, 5.41) is 0. The van der Waals surface area contributed by atoms with Gasteiger partial charge in [-0.2, -0.15) is 13.2 Å². The van der Waals surface area contributed by atoms with Gasteiger partial charge in [-0.1, -0.05) is 19.9 Å². The minimum Gasteiger partial charge on any atom is -0.496 e. The summed E-state index contributed by atoms with van der Waals surface area (Å²) in [6.07, 6.45) is -4.39. The molecular formula is C14H18F3NO. The largest absolute Gasteiger partial charge is 0.496 e. The third-order valence-corrected chi connectivity index (χ3v) is 4.19. The third kappa shape index (κ3) is 2.31. The summed E-state index contributed by atoms with van der Waals surface area (Å²) in [7, 11) is 1.26. The lowest BCUT2D eigenvalue weighted by Gasteiger charge is -2.13. The van der Waals surface area contributed by atoms with Crippen molar-refractivity contribution >= 4 is 0 Å². The van der Waals surface area contributed by atoms with Crippen LogP contribution in [0.2, 0.25) is 0 Å². The predicted octanol–water partition coefficient (Wildman–Crippen LogP) is 3.41. The Kier molecular flexibility index (Phi) is 3.29. The number of hydrogen-bond acceptors (Lipinski definition) is 2. The number of halogens is 3. The van der Waals surface area contributed by atoms with Crippen molar-refractivity contribution in [2.45, 2.75) is 25.9 Å². The molecule has 0 radical (unpaired) electrons. The normalized spacial score (nSPS) is 25.2. The van der Waals surface area contributed by atoms with Crippen LogP contribution >= 0.6 is 0 Å². The van der Waals surface area contributed by atoms with Gasteiger partial charge in [-0.05, 0) is 41.5 Å². The van der Waals surface area contributed by atoms with Gasteiger partial charge in [-0.25, -0.2) is 0 Å². The summed E-state index contributed by atoms with van der Waals surface area (Å²) in [5.74, 6) is 0.395. The van der Waals surface area contributed by atoms with Gasteiger partial charge in [0.2, 0.25) is 0 Å². The second-order valence-electron chi connectivity index (χ2n) is 5.60. The van der Waals surface area contributed by atoms with Gasteiger partial charge in [0, 0.05) is 0 Å². The van der Waals surface area contributed by atoms with E-state index in [9.17, 15) is 13.2 Å². The van der Waals surface area contributed by atoms with Crippen LogP contribution in [0.4, 0.5) is 13.2 Å². The van der Waals surface area contributed by atoms with E-state index in [1.54, 1.807) is 0 Å². The highest BCUT2D eigenvalue weighted by molar-refractivity contribution is 5.44. The lowest BCUT2D eigenvalue weighted by atomic mass is 10.0.